The van der Waals surface area contributed by atoms with Crippen molar-refractivity contribution in [2.45, 2.75) is 52.5 Å². The second kappa shape index (κ2) is 5.38. The minimum atomic E-state index is 0.0451. The second-order valence-corrected chi connectivity index (χ2v) is 6.21. The summed E-state index contributed by atoms with van der Waals surface area (Å²) in [6, 6.07) is 1.94. The Hall–Kier alpha value is -1.58. The van der Waals surface area contributed by atoms with E-state index >= 15 is 0 Å². The molecule has 100 valence electrons. The van der Waals surface area contributed by atoms with Crippen molar-refractivity contribution >= 4 is 0 Å². The Balaban J connectivity index is 0.000000180. The summed E-state index contributed by atoms with van der Waals surface area (Å²) in [6.45, 7) is 12.6. The van der Waals surface area contributed by atoms with Gasteiger partial charge in [0.25, 0.3) is 0 Å². The lowest BCUT2D eigenvalue weighted by Crippen LogP contribution is -2.21. The molecule has 4 heteroatoms. The molecule has 0 spiro atoms. The topological polar surface area (TPSA) is 43.9 Å². The van der Waals surface area contributed by atoms with E-state index in [0.717, 1.165) is 5.89 Å². The van der Waals surface area contributed by atoms with Crippen molar-refractivity contribution in [1.29, 1.82) is 0 Å². The highest BCUT2D eigenvalue weighted by Crippen LogP contribution is 2.18. The molecular weight excluding hydrogens is 226 g/mol. The van der Waals surface area contributed by atoms with Crippen LogP contribution in [-0.4, -0.2) is 14.8 Å². The Morgan fingerprint density at radius 2 is 1.72 bits per heavy atom. The molecule has 18 heavy (non-hydrogen) atoms. The predicted octanol–water partition coefficient (Wildman–Crippen LogP) is 3.61. The van der Waals surface area contributed by atoms with Gasteiger partial charge < -0.3 is 4.42 Å². The van der Waals surface area contributed by atoms with Crippen molar-refractivity contribution in [3.63, 3.8) is 0 Å². The van der Waals surface area contributed by atoms with Crippen LogP contribution in [0.5, 0.6) is 0 Å². The summed E-state index contributed by atoms with van der Waals surface area (Å²) in [5.74, 6) is 0.794. The summed E-state index contributed by atoms with van der Waals surface area (Å²) in [4.78, 5) is 4.02. The number of hydrogen-bond donors (Lipinski definition) is 0. The lowest BCUT2D eigenvalue weighted by atomic mass is 9.97. The van der Waals surface area contributed by atoms with Crippen LogP contribution < -0.4 is 0 Å². The highest BCUT2D eigenvalue weighted by atomic mass is 16.3. The molecule has 2 rings (SSSR count). The summed E-state index contributed by atoms with van der Waals surface area (Å²) in [6.07, 6.45) is 7.03. The van der Waals surface area contributed by atoms with E-state index in [1.165, 1.54) is 0 Å². The second-order valence-electron chi connectivity index (χ2n) is 6.21. The smallest absolute Gasteiger partial charge is 0.199 e. The first-order chi connectivity index (χ1) is 8.21. The maximum Gasteiger partial charge on any atom is 0.199 e. The Labute approximate surface area is 109 Å². The molecule has 4 nitrogen and oxygen atoms in total. The zero-order chi connectivity index (χ0) is 13.8. The van der Waals surface area contributed by atoms with Gasteiger partial charge in [-0.3, -0.25) is 4.68 Å². The summed E-state index contributed by atoms with van der Waals surface area (Å²) < 4.78 is 7.02. The van der Waals surface area contributed by atoms with Crippen LogP contribution in [0.15, 0.2) is 35.3 Å². The van der Waals surface area contributed by atoms with Crippen LogP contribution >= 0.6 is 0 Å². The number of nitrogens with zero attached hydrogens (tertiary/aromatic N) is 3. The molecule has 0 aromatic carbocycles. The summed E-state index contributed by atoms with van der Waals surface area (Å²) in [7, 11) is 0. The summed E-state index contributed by atoms with van der Waals surface area (Å²) >= 11 is 0. The van der Waals surface area contributed by atoms with Crippen LogP contribution in [0.4, 0.5) is 0 Å². The van der Waals surface area contributed by atoms with Gasteiger partial charge in [-0.25, -0.2) is 4.98 Å². The number of rotatable bonds is 0. The lowest BCUT2D eigenvalue weighted by molar-refractivity contribution is 0.355. The van der Waals surface area contributed by atoms with E-state index in [-0.39, 0.29) is 11.0 Å². The van der Waals surface area contributed by atoms with Crippen LogP contribution in [0.25, 0.3) is 0 Å². The zero-order valence-electron chi connectivity index (χ0n) is 12.1. The van der Waals surface area contributed by atoms with E-state index in [4.69, 9.17) is 4.42 Å². The molecule has 0 saturated heterocycles. The van der Waals surface area contributed by atoms with Gasteiger partial charge in [0.15, 0.2) is 5.89 Å². The molecule has 0 atom stereocenters. The molecule has 2 aromatic heterocycles. The van der Waals surface area contributed by atoms with Gasteiger partial charge in [0.05, 0.1) is 11.7 Å². The molecule has 0 fully saturated rings. The molecule has 0 bridgehead atoms. The van der Waals surface area contributed by atoms with Gasteiger partial charge in [-0.2, -0.15) is 5.10 Å². The Morgan fingerprint density at radius 1 is 1.06 bits per heavy atom. The van der Waals surface area contributed by atoms with E-state index in [1.807, 2.05) is 16.9 Å². The molecule has 2 aromatic rings. The monoisotopic (exact) mass is 249 g/mol. The Morgan fingerprint density at radius 3 is 1.94 bits per heavy atom. The van der Waals surface area contributed by atoms with Gasteiger partial charge in [0.1, 0.15) is 6.26 Å². The van der Waals surface area contributed by atoms with Gasteiger partial charge in [0, 0.05) is 17.8 Å². The average molecular weight is 249 g/mol. The van der Waals surface area contributed by atoms with Crippen molar-refractivity contribution < 1.29 is 4.42 Å². The Kier molecular flexibility index (Phi) is 4.33. The normalized spacial score (nSPS) is 11.9. The van der Waals surface area contributed by atoms with Crippen molar-refractivity contribution in [1.82, 2.24) is 14.8 Å². The first-order valence-corrected chi connectivity index (χ1v) is 6.11. The van der Waals surface area contributed by atoms with E-state index in [9.17, 15) is 0 Å². The fourth-order valence-corrected chi connectivity index (χ4v) is 1.26. The predicted molar refractivity (Wildman–Crippen MR) is 72.4 cm³/mol. The van der Waals surface area contributed by atoms with Crippen LogP contribution in [0.1, 0.15) is 47.4 Å². The third-order valence-corrected chi connectivity index (χ3v) is 2.27. The fraction of sp³-hybridized carbons (Fsp3) is 0.571. The third kappa shape index (κ3) is 4.35. The SMILES string of the molecule is CC(C)(C)c1ncco1.CC(C)(C)n1cccn1. The number of hydrogen-bond acceptors (Lipinski definition) is 3. The van der Waals surface area contributed by atoms with E-state index < -0.39 is 0 Å². The molecule has 0 aliphatic rings. The fourth-order valence-electron chi connectivity index (χ4n) is 1.26. The molecule has 2 heterocycles. The van der Waals surface area contributed by atoms with Gasteiger partial charge in [-0.15, -0.1) is 0 Å². The van der Waals surface area contributed by atoms with Crippen LogP contribution in [-0.2, 0) is 11.0 Å². The summed E-state index contributed by atoms with van der Waals surface area (Å²) in [5, 5.41) is 4.10. The lowest BCUT2D eigenvalue weighted by Gasteiger charge is -2.18. The third-order valence-electron chi connectivity index (χ3n) is 2.27. The van der Waals surface area contributed by atoms with Gasteiger partial charge in [-0.05, 0) is 26.8 Å². The van der Waals surface area contributed by atoms with Crippen LogP contribution in [0, 0.1) is 0 Å². The first kappa shape index (κ1) is 14.5. The molecule has 0 N–H and O–H groups in total. The average Bonchev–Trinajstić information content (AvgIpc) is 2.91. The molecular formula is C14H23N3O. The molecule has 0 aliphatic heterocycles. The quantitative estimate of drug-likeness (QED) is 0.716. The molecule has 0 aliphatic carbocycles. The highest BCUT2D eigenvalue weighted by molar-refractivity contribution is 4.95. The minimum absolute atomic E-state index is 0.0451. The van der Waals surface area contributed by atoms with Crippen molar-refractivity contribution in [3.05, 3.63) is 36.8 Å². The van der Waals surface area contributed by atoms with E-state index in [1.54, 1.807) is 18.7 Å². The maximum absolute atomic E-state index is 5.09. The van der Waals surface area contributed by atoms with E-state index in [2.05, 4.69) is 51.6 Å². The van der Waals surface area contributed by atoms with Crippen LogP contribution in [0.3, 0.4) is 0 Å². The van der Waals surface area contributed by atoms with Crippen LogP contribution in [0.2, 0.25) is 0 Å². The largest absolute Gasteiger partial charge is 0.448 e. The van der Waals surface area contributed by atoms with Gasteiger partial charge >= 0.3 is 0 Å². The molecule has 0 amide bonds. The Bertz CT molecular complexity index is 386. The van der Waals surface area contributed by atoms with Gasteiger partial charge in [0.2, 0.25) is 0 Å². The maximum atomic E-state index is 5.09. The van der Waals surface area contributed by atoms with Crippen molar-refractivity contribution in [3.8, 4) is 0 Å². The first-order valence-electron chi connectivity index (χ1n) is 6.11. The van der Waals surface area contributed by atoms with Crippen molar-refractivity contribution in [2.24, 2.45) is 0 Å². The van der Waals surface area contributed by atoms with Crippen molar-refractivity contribution in [2.75, 3.05) is 0 Å². The number of oxazole rings is 1. The highest BCUT2D eigenvalue weighted by Gasteiger charge is 2.17. The summed E-state index contributed by atoms with van der Waals surface area (Å²) in [5.41, 5.74) is 0.174. The van der Waals surface area contributed by atoms with Gasteiger partial charge in [-0.1, -0.05) is 20.8 Å². The standard InChI is InChI=1S/C7H12N2.C7H11NO/c1-7(2,3)9-6-4-5-8-9;1-7(2,3)6-8-4-5-9-6/h4-6H,1-3H3;4-5H,1-3H3. The molecule has 0 saturated carbocycles. The molecule has 0 radical (unpaired) electrons. The zero-order valence-corrected chi connectivity index (χ0v) is 12.1. The van der Waals surface area contributed by atoms with E-state index in [0.29, 0.717) is 0 Å². The molecule has 0 unspecified atom stereocenters. The number of aromatic nitrogens is 3. The minimum Gasteiger partial charge on any atom is -0.448 e.